The highest BCUT2D eigenvalue weighted by Crippen LogP contribution is 2.55. The van der Waals surface area contributed by atoms with Crippen LogP contribution in [0.5, 0.6) is 0 Å². The first kappa shape index (κ1) is 15.2. The highest BCUT2D eigenvalue weighted by molar-refractivity contribution is 8.02. The van der Waals surface area contributed by atoms with Crippen molar-refractivity contribution in [3.8, 4) is 11.5 Å². The average molecular weight is 329 g/mol. The SMILES string of the molecule is CC1(C)SC2(CCCCC2)N[C@H]1c1nnc(-c2ccccc2)o1. The van der Waals surface area contributed by atoms with E-state index in [4.69, 9.17) is 4.42 Å². The van der Waals surface area contributed by atoms with Crippen molar-refractivity contribution in [2.45, 2.75) is 61.6 Å². The van der Waals surface area contributed by atoms with E-state index in [0.717, 1.165) is 5.56 Å². The summed E-state index contributed by atoms with van der Waals surface area (Å²) in [4.78, 5) is 0.188. The zero-order chi connectivity index (χ0) is 15.9. The zero-order valence-corrected chi connectivity index (χ0v) is 14.5. The summed E-state index contributed by atoms with van der Waals surface area (Å²) in [6.45, 7) is 4.57. The second kappa shape index (κ2) is 5.64. The number of aromatic nitrogens is 2. The molecule has 1 atom stereocenters. The zero-order valence-electron chi connectivity index (χ0n) is 13.7. The summed E-state index contributed by atoms with van der Waals surface area (Å²) in [5.41, 5.74) is 0.974. The van der Waals surface area contributed by atoms with E-state index in [1.54, 1.807) is 0 Å². The van der Waals surface area contributed by atoms with Crippen LogP contribution in [-0.2, 0) is 0 Å². The van der Waals surface area contributed by atoms with Crippen molar-refractivity contribution in [1.82, 2.24) is 15.5 Å². The third-order valence-corrected chi connectivity index (χ3v) is 6.61. The van der Waals surface area contributed by atoms with Crippen LogP contribution < -0.4 is 5.32 Å². The molecule has 0 radical (unpaired) electrons. The van der Waals surface area contributed by atoms with E-state index < -0.39 is 0 Å². The van der Waals surface area contributed by atoms with Crippen molar-refractivity contribution < 1.29 is 4.42 Å². The molecule has 1 aliphatic carbocycles. The van der Waals surface area contributed by atoms with Crippen molar-refractivity contribution in [2.75, 3.05) is 0 Å². The van der Waals surface area contributed by atoms with Crippen molar-refractivity contribution in [3.05, 3.63) is 36.2 Å². The molecule has 1 saturated carbocycles. The van der Waals surface area contributed by atoms with E-state index in [1.807, 2.05) is 30.3 Å². The summed E-state index contributed by atoms with van der Waals surface area (Å²) < 4.78 is 6.08. The molecule has 0 bridgehead atoms. The quantitative estimate of drug-likeness (QED) is 0.875. The van der Waals surface area contributed by atoms with Gasteiger partial charge in [0.05, 0.1) is 4.87 Å². The van der Waals surface area contributed by atoms with Crippen LogP contribution in [0.4, 0.5) is 0 Å². The van der Waals surface area contributed by atoms with Gasteiger partial charge < -0.3 is 4.42 Å². The predicted molar refractivity (Wildman–Crippen MR) is 93.1 cm³/mol. The summed E-state index contributed by atoms with van der Waals surface area (Å²) >= 11 is 2.06. The van der Waals surface area contributed by atoms with E-state index in [1.165, 1.54) is 32.1 Å². The largest absolute Gasteiger partial charge is 0.419 e. The first-order valence-electron chi connectivity index (χ1n) is 8.45. The van der Waals surface area contributed by atoms with E-state index in [-0.39, 0.29) is 15.7 Å². The maximum atomic E-state index is 6.03. The lowest BCUT2D eigenvalue weighted by molar-refractivity contribution is 0.288. The van der Waals surface area contributed by atoms with Crippen LogP contribution in [0.15, 0.2) is 34.7 Å². The molecule has 2 aliphatic rings. The molecule has 1 aliphatic heterocycles. The maximum Gasteiger partial charge on any atom is 0.247 e. The Balaban J connectivity index is 1.61. The van der Waals surface area contributed by atoms with Gasteiger partial charge in [0, 0.05) is 10.3 Å². The lowest BCUT2D eigenvalue weighted by atomic mass is 9.93. The fourth-order valence-corrected chi connectivity index (χ4v) is 5.76. The van der Waals surface area contributed by atoms with Gasteiger partial charge in [-0.2, -0.15) is 0 Å². The minimum atomic E-state index is 0.0534. The van der Waals surface area contributed by atoms with Gasteiger partial charge in [-0.3, -0.25) is 5.32 Å². The maximum absolute atomic E-state index is 6.03. The Labute approximate surface area is 141 Å². The molecule has 1 N–H and O–H groups in total. The molecule has 1 spiro atoms. The molecule has 0 unspecified atom stereocenters. The second-order valence-electron chi connectivity index (χ2n) is 7.15. The summed E-state index contributed by atoms with van der Waals surface area (Å²) in [5.74, 6) is 1.32. The van der Waals surface area contributed by atoms with Gasteiger partial charge in [-0.15, -0.1) is 22.0 Å². The first-order chi connectivity index (χ1) is 11.1. The van der Waals surface area contributed by atoms with Crippen LogP contribution in [-0.4, -0.2) is 19.8 Å². The molecule has 1 aromatic carbocycles. The summed E-state index contributed by atoms with van der Waals surface area (Å²) in [6, 6.07) is 10.1. The first-order valence-corrected chi connectivity index (χ1v) is 9.26. The molecular weight excluding hydrogens is 306 g/mol. The predicted octanol–water partition coefficient (Wildman–Crippen LogP) is 4.55. The molecule has 122 valence electrons. The van der Waals surface area contributed by atoms with Gasteiger partial charge >= 0.3 is 0 Å². The van der Waals surface area contributed by atoms with E-state index >= 15 is 0 Å². The van der Waals surface area contributed by atoms with Gasteiger partial charge in [-0.1, -0.05) is 37.5 Å². The molecule has 4 nitrogen and oxygen atoms in total. The molecular formula is C18H23N3OS. The fraction of sp³-hybridized carbons (Fsp3) is 0.556. The lowest BCUT2D eigenvalue weighted by Gasteiger charge is -2.33. The number of rotatable bonds is 2. The van der Waals surface area contributed by atoms with Gasteiger partial charge in [0.2, 0.25) is 11.8 Å². The Morgan fingerprint density at radius 1 is 1.09 bits per heavy atom. The fourth-order valence-electron chi connectivity index (χ4n) is 3.81. The molecule has 4 rings (SSSR count). The van der Waals surface area contributed by atoms with Crippen LogP contribution in [0.25, 0.3) is 11.5 Å². The summed E-state index contributed by atoms with van der Waals surface area (Å²) in [7, 11) is 0. The van der Waals surface area contributed by atoms with Crippen LogP contribution in [0.3, 0.4) is 0 Å². The van der Waals surface area contributed by atoms with E-state index in [2.05, 4.69) is 41.1 Å². The minimum absolute atomic E-state index is 0.0534. The molecule has 2 heterocycles. The van der Waals surface area contributed by atoms with Crippen molar-refractivity contribution in [1.29, 1.82) is 0 Å². The van der Waals surface area contributed by atoms with E-state index in [9.17, 15) is 0 Å². The van der Waals surface area contributed by atoms with Crippen molar-refractivity contribution >= 4 is 11.8 Å². The van der Waals surface area contributed by atoms with E-state index in [0.29, 0.717) is 11.8 Å². The third-order valence-electron chi connectivity index (χ3n) is 4.93. The standard InChI is InChI=1S/C18H23N3OS/c1-17(2)14(19-18(23-17)11-7-4-8-12-18)16-21-20-15(22-16)13-9-5-3-6-10-13/h3,5-6,9-10,14,19H,4,7-8,11-12H2,1-2H3/t14-/m0/s1. The number of hydrogen-bond donors (Lipinski definition) is 1. The molecule has 2 aromatic rings. The van der Waals surface area contributed by atoms with Crippen molar-refractivity contribution in [2.24, 2.45) is 0 Å². The number of benzene rings is 1. The topological polar surface area (TPSA) is 51.0 Å². The number of nitrogens with one attached hydrogen (secondary N) is 1. The molecule has 2 fully saturated rings. The Hall–Kier alpha value is -1.33. The Bertz CT molecular complexity index is 677. The summed E-state index contributed by atoms with van der Waals surface area (Å²) in [6.07, 6.45) is 6.44. The van der Waals surface area contributed by atoms with Gasteiger partial charge in [-0.25, -0.2) is 0 Å². The molecule has 0 amide bonds. The van der Waals surface area contributed by atoms with Crippen LogP contribution >= 0.6 is 11.8 Å². The Morgan fingerprint density at radius 3 is 2.57 bits per heavy atom. The van der Waals surface area contributed by atoms with Crippen LogP contribution in [0.2, 0.25) is 0 Å². The molecule has 23 heavy (non-hydrogen) atoms. The minimum Gasteiger partial charge on any atom is -0.419 e. The van der Waals surface area contributed by atoms with Gasteiger partial charge in [0.1, 0.15) is 6.04 Å². The molecule has 1 aromatic heterocycles. The smallest absolute Gasteiger partial charge is 0.247 e. The van der Waals surface area contributed by atoms with Gasteiger partial charge in [0.25, 0.3) is 0 Å². The highest BCUT2D eigenvalue weighted by atomic mass is 32.2. The van der Waals surface area contributed by atoms with Crippen LogP contribution in [0.1, 0.15) is 57.9 Å². The monoisotopic (exact) mass is 329 g/mol. The Morgan fingerprint density at radius 2 is 1.83 bits per heavy atom. The lowest BCUT2D eigenvalue weighted by Crippen LogP contribution is -2.40. The second-order valence-corrected chi connectivity index (χ2v) is 9.19. The average Bonchev–Trinajstić information content (AvgIpc) is 3.12. The number of hydrogen-bond acceptors (Lipinski definition) is 5. The third kappa shape index (κ3) is 2.81. The highest BCUT2D eigenvalue weighted by Gasteiger charge is 2.52. The molecule has 5 heteroatoms. The van der Waals surface area contributed by atoms with Gasteiger partial charge in [-0.05, 0) is 38.8 Å². The van der Waals surface area contributed by atoms with Crippen LogP contribution in [0, 0.1) is 0 Å². The normalized spacial score (nSPS) is 25.7. The number of thioether (sulfide) groups is 1. The van der Waals surface area contributed by atoms with Crippen molar-refractivity contribution in [3.63, 3.8) is 0 Å². The Kier molecular flexibility index (Phi) is 3.73. The number of nitrogens with zero attached hydrogens (tertiary/aromatic N) is 2. The summed E-state index contributed by atoms with van der Waals surface area (Å²) in [5, 5.41) is 12.5. The molecule has 1 saturated heterocycles. The van der Waals surface area contributed by atoms with Gasteiger partial charge in [0.15, 0.2) is 0 Å².